The molecule has 1 heterocycles. The molecular weight excluding hydrogens is 216 g/mol. The molecule has 1 unspecified atom stereocenters. The minimum absolute atomic E-state index is 0.287. The number of nitrogens with two attached hydrogens (primary N) is 1. The standard InChI is InChI=1S/C13H16N2S/c1-9-4-3-5-12(14)13(9)15-10(2)11-6-7-16-8-11/h3-8,10,15H,14H2,1-2H3. The SMILES string of the molecule is Cc1cccc(N)c1NC(C)c1ccsc1. The first-order valence-electron chi connectivity index (χ1n) is 5.32. The number of para-hydroxylation sites is 1. The van der Waals surface area contributed by atoms with Crippen molar-refractivity contribution < 1.29 is 0 Å². The Bertz CT molecular complexity index is 443. The Balaban J connectivity index is 2.21. The normalized spacial score (nSPS) is 12.4. The Morgan fingerprint density at radius 3 is 2.75 bits per heavy atom. The van der Waals surface area contributed by atoms with Gasteiger partial charge in [-0.2, -0.15) is 11.3 Å². The average Bonchev–Trinajstić information content (AvgIpc) is 2.76. The highest BCUT2D eigenvalue weighted by Crippen LogP contribution is 2.28. The summed E-state index contributed by atoms with van der Waals surface area (Å²) < 4.78 is 0. The van der Waals surface area contributed by atoms with Crippen LogP contribution in [0, 0.1) is 6.92 Å². The van der Waals surface area contributed by atoms with E-state index in [2.05, 4.69) is 42.1 Å². The molecule has 2 nitrogen and oxygen atoms in total. The van der Waals surface area contributed by atoms with Crippen LogP contribution in [0.2, 0.25) is 0 Å². The number of aryl methyl sites for hydroxylation is 1. The minimum atomic E-state index is 0.287. The lowest BCUT2D eigenvalue weighted by atomic mass is 10.1. The van der Waals surface area contributed by atoms with Crippen molar-refractivity contribution in [2.45, 2.75) is 19.9 Å². The van der Waals surface area contributed by atoms with Gasteiger partial charge in [0.2, 0.25) is 0 Å². The third-order valence-electron chi connectivity index (χ3n) is 2.71. The van der Waals surface area contributed by atoms with E-state index in [1.807, 2.05) is 12.1 Å². The molecule has 0 aliphatic carbocycles. The van der Waals surface area contributed by atoms with Crippen LogP contribution >= 0.6 is 11.3 Å². The van der Waals surface area contributed by atoms with Crippen molar-refractivity contribution in [3.05, 3.63) is 46.2 Å². The monoisotopic (exact) mass is 232 g/mol. The highest BCUT2D eigenvalue weighted by molar-refractivity contribution is 7.07. The molecule has 16 heavy (non-hydrogen) atoms. The average molecular weight is 232 g/mol. The van der Waals surface area contributed by atoms with Crippen molar-refractivity contribution in [2.24, 2.45) is 0 Å². The summed E-state index contributed by atoms with van der Waals surface area (Å²) in [4.78, 5) is 0. The number of thiophene rings is 1. The first-order valence-corrected chi connectivity index (χ1v) is 6.26. The third-order valence-corrected chi connectivity index (χ3v) is 3.41. The summed E-state index contributed by atoms with van der Waals surface area (Å²) in [7, 11) is 0. The summed E-state index contributed by atoms with van der Waals surface area (Å²) in [5, 5.41) is 7.71. The molecular formula is C13H16N2S. The van der Waals surface area contributed by atoms with Crippen LogP contribution in [-0.2, 0) is 0 Å². The van der Waals surface area contributed by atoms with Crippen LogP contribution in [0.5, 0.6) is 0 Å². The summed E-state index contributed by atoms with van der Waals surface area (Å²) in [6, 6.07) is 8.39. The molecule has 0 amide bonds. The highest BCUT2D eigenvalue weighted by atomic mass is 32.1. The van der Waals surface area contributed by atoms with Gasteiger partial charge in [-0.05, 0) is 47.9 Å². The number of nitrogens with one attached hydrogen (secondary N) is 1. The molecule has 2 aromatic rings. The van der Waals surface area contributed by atoms with E-state index in [0.29, 0.717) is 0 Å². The molecule has 0 spiro atoms. The second-order valence-corrected chi connectivity index (χ2v) is 4.74. The van der Waals surface area contributed by atoms with Gasteiger partial charge in [-0.15, -0.1) is 0 Å². The van der Waals surface area contributed by atoms with Crippen LogP contribution in [0.15, 0.2) is 35.0 Å². The summed E-state index contributed by atoms with van der Waals surface area (Å²) in [6.07, 6.45) is 0. The number of anilines is 2. The quantitative estimate of drug-likeness (QED) is 0.790. The molecule has 0 fully saturated rings. The van der Waals surface area contributed by atoms with Crippen LogP contribution < -0.4 is 11.1 Å². The van der Waals surface area contributed by atoms with Gasteiger partial charge in [-0.3, -0.25) is 0 Å². The maximum absolute atomic E-state index is 5.96. The molecule has 0 aliphatic heterocycles. The predicted octanol–water partition coefficient (Wildman–Crippen LogP) is 3.81. The minimum Gasteiger partial charge on any atom is -0.397 e. The van der Waals surface area contributed by atoms with Gasteiger partial charge >= 0.3 is 0 Å². The lowest BCUT2D eigenvalue weighted by Gasteiger charge is -2.17. The fraction of sp³-hybridized carbons (Fsp3) is 0.231. The fourth-order valence-corrected chi connectivity index (χ4v) is 2.46. The summed E-state index contributed by atoms with van der Waals surface area (Å²) in [5.74, 6) is 0. The van der Waals surface area contributed by atoms with Gasteiger partial charge in [0.1, 0.15) is 0 Å². The first kappa shape index (κ1) is 11.0. The van der Waals surface area contributed by atoms with Crippen molar-refractivity contribution in [1.82, 2.24) is 0 Å². The fourth-order valence-electron chi connectivity index (χ4n) is 1.71. The lowest BCUT2D eigenvalue weighted by Crippen LogP contribution is -2.08. The van der Waals surface area contributed by atoms with Crippen LogP contribution in [0.1, 0.15) is 24.1 Å². The van der Waals surface area contributed by atoms with Crippen molar-refractivity contribution in [3.63, 3.8) is 0 Å². The van der Waals surface area contributed by atoms with Gasteiger partial charge in [0.15, 0.2) is 0 Å². The van der Waals surface area contributed by atoms with Gasteiger partial charge in [-0.25, -0.2) is 0 Å². The molecule has 2 rings (SSSR count). The molecule has 0 saturated heterocycles. The van der Waals surface area contributed by atoms with Gasteiger partial charge in [0, 0.05) is 6.04 Å². The number of benzene rings is 1. The molecule has 0 saturated carbocycles. The number of hydrogen-bond donors (Lipinski definition) is 2. The van der Waals surface area contributed by atoms with E-state index in [1.54, 1.807) is 11.3 Å². The van der Waals surface area contributed by atoms with E-state index in [0.717, 1.165) is 11.4 Å². The number of hydrogen-bond acceptors (Lipinski definition) is 3. The zero-order valence-electron chi connectivity index (χ0n) is 9.53. The van der Waals surface area contributed by atoms with Gasteiger partial charge in [0.25, 0.3) is 0 Å². The van der Waals surface area contributed by atoms with Gasteiger partial charge in [-0.1, -0.05) is 12.1 Å². The molecule has 1 atom stereocenters. The molecule has 3 N–H and O–H groups in total. The Morgan fingerprint density at radius 1 is 1.31 bits per heavy atom. The Hall–Kier alpha value is -1.48. The van der Waals surface area contributed by atoms with E-state index in [-0.39, 0.29) is 6.04 Å². The van der Waals surface area contributed by atoms with E-state index < -0.39 is 0 Å². The van der Waals surface area contributed by atoms with E-state index in [9.17, 15) is 0 Å². The van der Waals surface area contributed by atoms with E-state index in [1.165, 1.54) is 11.1 Å². The Morgan fingerprint density at radius 2 is 2.12 bits per heavy atom. The predicted molar refractivity (Wildman–Crippen MR) is 71.9 cm³/mol. The largest absolute Gasteiger partial charge is 0.397 e. The Labute approximate surface area is 100 Å². The van der Waals surface area contributed by atoms with E-state index >= 15 is 0 Å². The van der Waals surface area contributed by atoms with Gasteiger partial charge < -0.3 is 11.1 Å². The third kappa shape index (κ3) is 2.19. The van der Waals surface area contributed by atoms with Crippen LogP contribution in [0.4, 0.5) is 11.4 Å². The van der Waals surface area contributed by atoms with Crippen molar-refractivity contribution >= 4 is 22.7 Å². The smallest absolute Gasteiger partial charge is 0.0608 e. The number of rotatable bonds is 3. The molecule has 0 aliphatic rings. The molecule has 0 radical (unpaired) electrons. The molecule has 0 bridgehead atoms. The van der Waals surface area contributed by atoms with Crippen molar-refractivity contribution in [3.8, 4) is 0 Å². The zero-order valence-corrected chi connectivity index (χ0v) is 10.3. The van der Waals surface area contributed by atoms with Crippen LogP contribution in [0.3, 0.4) is 0 Å². The van der Waals surface area contributed by atoms with Crippen molar-refractivity contribution in [2.75, 3.05) is 11.1 Å². The maximum Gasteiger partial charge on any atom is 0.0608 e. The summed E-state index contributed by atoms with van der Waals surface area (Å²) in [5.41, 5.74) is 10.3. The molecule has 3 heteroatoms. The molecule has 84 valence electrons. The van der Waals surface area contributed by atoms with Crippen molar-refractivity contribution in [1.29, 1.82) is 0 Å². The summed E-state index contributed by atoms with van der Waals surface area (Å²) >= 11 is 1.72. The van der Waals surface area contributed by atoms with Crippen LogP contribution in [-0.4, -0.2) is 0 Å². The summed E-state index contributed by atoms with van der Waals surface area (Å²) in [6.45, 7) is 4.22. The molecule has 1 aromatic carbocycles. The first-order chi connectivity index (χ1) is 7.68. The topological polar surface area (TPSA) is 38.0 Å². The second-order valence-electron chi connectivity index (χ2n) is 3.96. The zero-order chi connectivity index (χ0) is 11.5. The van der Waals surface area contributed by atoms with Crippen LogP contribution in [0.25, 0.3) is 0 Å². The second kappa shape index (κ2) is 4.58. The van der Waals surface area contributed by atoms with E-state index in [4.69, 9.17) is 5.73 Å². The molecule has 1 aromatic heterocycles. The Kier molecular flexibility index (Phi) is 3.15. The highest BCUT2D eigenvalue weighted by Gasteiger charge is 2.09. The van der Waals surface area contributed by atoms with Gasteiger partial charge in [0.05, 0.1) is 11.4 Å². The lowest BCUT2D eigenvalue weighted by molar-refractivity contribution is 0.889. The number of nitrogen functional groups attached to an aromatic ring is 1. The maximum atomic E-state index is 5.96.